The van der Waals surface area contributed by atoms with Gasteiger partial charge < -0.3 is 10.1 Å². The molecule has 0 spiro atoms. The fourth-order valence-electron chi connectivity index (χ4n) is 4.47. The first-order chi connectivity index (χ1) is 14.1. The number of hydrogen-bond acceptors (Lipinski definition) is 6. The quantitative estimate of drug-likeness (QED) is 0.670. The summed E-state index contributed by atoms with van der Waals surface area (Å²) in [7, 11) is 0. The average molecular weight is 403 g/mol. The van der Waals surface area contributed by atoms with E-state index < -0.39 is 5.41 Å². The molecule has 7 heteroatoms. The predicted molar refractivity (Wildman–Crippen MR) is 112 cm³/mol. The third-order valence-corrected chi connectivity index (χ3v) is 6.18. The molecule has 0 bridgehead atoms. The van der Waals surface area contributed by atoms with Crippen LogP contribution in [0.4, 0.5) is 0 Å². The van der Waals surface area contributed by atoms with Crippen molar-refractivity contribution in [3.05, 3.63) is 35.9 Å². The maximum atomic E-state index is 13.4. The van der Waals surface area contributed by atoms with E-state index in [2.05, 4.69) is 27.8 Å². The van der Waals surface area contributed by atoms with Gasteiger partial charge in [0.25, 0.3) is 0 Å². The standard InChI is InChI=1S/C22H34N4O3/c1-3-19(20(27)29-4-2)25-14-16-26(17-15-25)24-21(28)22(10-12-23-13-11-22)18-8-6-5-7-9-18/h5-9,19,23H,3-4,10-17H2,1-2H3,(H,24,28). The maximum Gasteiger partial charge on any atom is 0.323 e. The Labute approximate surface area is 173 Å². The van der Waals surface area contributed by atoms with Crippen molar-refractivity contribution >= 4 is 11.9 Å². The second kappa shape index (κ2) is 10.2. The van der Waals surface area contributed by atoms with Crippen LogP contribution < -0.4 is 10.7 Å². The van der Waals surface area contributed by atoms with Gasteiger partial charge in [-0.05, 0) is 44.8 Å². The molecule has 2 aliphatic rings. The van der Waals surface area contributed by atoms with Gasteiger partial charge in [0.2, 0.25) is 5.91 Å². The predicted octanol–water partition coefficient (Wildman–Crippen LogP) is 1.30. The average Bonchev–Trinajstić information content (AvgIpc) is 2.76. The topological polar surface area (TPSA) is 73.9 Å². The monoisotopic (exact) mass is 402 g/mol. The molecule has 2 aliphatic heterocycles. The van der Waals surface area contributed by atoms with Crippen LogP contribution in [0, 0.1) is 0 Å². The first-order valence-corrected chi connectivity index (χ1v) is 10.8. The van der Waals surface area contributed by atoms with Crippen molar-refractivity contribution in [1.82, 2.24) is 20.7 Å². The molecule has 0 aromatic heterocycles. The molecule has 160 valence electrons. The van der Waals surface area contributed by atoms with E-state index in [0.29, 0.717) is 19.7 Å². The van der Waals surface area contributed by atoms with E-state index in [4.69, 9.17) is 4.74 Å². The zero-order valence-electron chi connectivity index (χ0n) is 17.7. The lowest BCUT2D eigenvalue weighted by molar-refractivity contribution is -0.151. The van der Waals surface area contributed by atoms with Crippen molar-refractivity contribution in [3.63, 3.8) is 0 Å². The number of hydrogen-bond donors (Lipinski definition) is 2. The Kier molecular flexibility index (Phi) is 7.64. The van der Waals surface area contributed by atoms with Crippen molar-refractivity contribution in [1.29, 1.82) is 0 Å². The van der Waals surface area contributed by atoms with E-state index in [-0.39, 0.29) is 17.9 Å². The van der Waals surface area contributed by atoms with Crippen LogP contribution in [-0.2, 0) is 19.7 Å². The van der Waals surface area contributed by atoms with Crippen LogP contribution in [0.15, 0.2) is 30.3 Å². The van der Waals surface area contributed by atoms with E-state index in [1.807, 2.05) is 37.1 Å². The molecule has 1 unspecified atom stereocenters. The highest BCUT2D eigenvalue weighted by Gasteiger charge is 2.42. The lowest BCUT2D eigenvalue weighted by Gasteiger charge is -2.41. The van der Waals surface area contributed by atoms with Gasteiger partial charge in [-0.25, -0.2) is 5.01 Å². The molecule has 0 aliphatic carbocycles. The van der Waals surface area contributed by atoms with E-state index in [9.17, 15) is 9.59 Å². The SMILES string of the molecule is CCOC(=O)C(CC)N1CCN(NC(=O)C2(c3ccccc3)CCNCC2)CC1. The van der Waals surface area contributed by atoms with Crippen LogP contribution in [0.5, 0.6) is 0 Å². The summed E-state index contributed by atoms with van der Waals surface area (Å²) in [6, 6.07) is 9.93. The van der Waals surface area contributed by atoms with E-state index in [1.54, 1.807) is 0 Å². The van der Waals surface area contributed by atoms with Gasteiger partial charge in [-0.3, -0.25) is 19.9 Å². The number of piperidine rings is 1. The normalized spacial score (nSPS) is 21.3. The van der Waals surface area contributed by atoms with Gasteiger partial charge in [-0.1, -0.05) is 37.3 Å². The van der Waals surface area contributed by atoms with Gasteiger partial charge in [0, 0.05) is 26.2 Å². The molecule has 0 radical (unpaired) electrons. The summed E-state index contributed by atoms with van der Waals surface area (Å²) in [5.74, 6) is -0.0682. The molecular formula is C22H34N4O3. The number of nitrogens with zero attached hydrogens (tertiary/aromatic N) is 2. The largest absolute Gasteiger partial charge is 0.465 e. The van der Waals surface area contributed by atoms with E-state index >= 15 is 0 Å². The molecule has 1 amide bonds. The molecule has 1 aromatic rings. The van der Waals surface area contributed by atoms with Gasteiger partial charge in [0.05, 0.1) is 12.0 Å². The molecule has 2 fully saturated rings. The van der Waals surface area contributed by atoms with Crippen LogP contribution in [0.25, 0.3) is 0 Å². The number of rotatable bonds is 7. The second-order valence-corrected chi connectivity index (χ2v) is 7.84. The minimum absolute atomic E-state index is 0.0797. The number of hydrazine groups is 1. The molecule has 2 N–H and O–H groups in total. The second-order valence-electron chi connectivity index (χ2n) is 7.84. The van der Waals surface area contributed by atoms with Crippen LogP contribution in [0.3, 0.4) is 0 Å². The lowest BCUT2D eigenvalue weighted by Crippen LogP contribution is -2.60. The summed E-state index contributed by atoms with van der Waals surface area (Å²) in [6.07, 6.45) is 2.32. The number of esters is 1. The van der Waals surface area contributed by atoms with Crippen LogP contribution in [0.1, 0.15) is 38.7 Å². The number of ether oxygens (including phenoxy) is 1. The molecule has 1 aromatic carbocycles. The first kappa shape index (κ1) is 21.7. The van der Waals surface area contributed by atoms with Crippen LogP contribution in [0.2, 0.25) is 0 Å². The minimum atomic E-state index is -0.486. The third kappa shape index (κ3) is 4.97. The Balaban J connectivity index is 1.61. The lowest BCUT2D eigenvalue weighted by atomic mass is 9.72. The molecule has 2 heterocycles. The highest BCUT2D eigenvalue weighted by Crippen LogP contribution is 2.34. The minimum Gasteiger partial charge on any atom is -0.465 e. The van der Waals surface area contributed by atoms with Crippen molar-refractivity contribution in [2.75, 3.05) is 45.9 Å². The summed E-state index contributed by atoms with van der Waals surface area (Å²) in [6.45, 7) is 8.80. The summed E-state index contributed by atoms with van der Waals surface area (Å²) < 4.78 is 5.21. The number of piperazine rings is 1. The van der Waals surface area contributed by atoms with E-state index in [0.717, 1.165) is 51.0 Å². The molecule has 0 saturated carbocycles. The van der Waals surface area contributed by atoms with Gasteiger partial charge in [-0.2, -0.15) is 0 Å². The summed E-state index contributed by atoms with van der Waals surface area (Å²) in [4.78, 5) is 27.7. The van der Waals surface area contributed by atoms with Crippen molar-refractivity contribution in [3.8, 4) is 0 Å². The Morgan fingerprint density at radius 3 is 2.34 bits per heavy atom. The first-order valence-electron chi connectivity index (χ1n) is 10.8. The number of amides is 1. The number of carbonyl (C=O) groups excluding carboxylic acids is 2. The fourth-order valence-corrected chi connectivity index (χ4v) is 4.47. The smallest absolute Gasteiger partial charge is 0.323 e. The molecular weight excluding hydrogens is 368 g/mol. The highest BCUT2D eigenvalue weighted by atomic mass is 16.5. The summed E-state index contributed by atoms with van der Waals surface area (Å²) in [5, 5.41) is 5.37. The molecule has 7 nitrogen and oxygen atoms in total. The van der Waals surface area contributed by atoms with Gasteiger partial charge in [-0.15, -0.1) is 0 Å². The van der Waals surface area contributed by atoms with Gasteiger partial charge >= 0.3 is 5.97 Å². The zero-order valence-corrected chi connectivity index (χ0v) is 17.7. The van der Waals surface area contributed by atoms with Gasteiger partial charge in [0.1, 0.15) is 6.04 Å². The summed E-state index contributed by atoms with van der Waals surface area (Å²) >= 11 is 0. The van der Waals surface area contributed by atoms with Crippen LogP contribution in [-0.4, -0.2) is 73.7 Å². The molecule has 29 heavy (non-hydrogen) atoms. The fraction of sp³-hybridized carbons (Fsp3) is 0.636. The highest BCUT2D eigenvalue weighted by molar-refractivity contribution is 5.88. The number of nitrogens with one attached hydrogen (secondary N) is 2. The van der Waals surface area contributed by atoms with Crippen molar-refractivity contribution in [2.24, 2.45) is 0 Å². The molecule has 3 rings (SSSR count). The summed E-state index contributed by atoms with van der Waals surface area (Å²) in [5.41, 5.74) is 3.79. The van der Waals surface area contributed by atoms with Gasteiger partial charge in [0.15, 0.2) is 0 Å². The third-order valence-electron chi connectivity index (χ3n) is 6.18. The zero-order chi connectivity index (χ0) is 20.7. The van der Waals surface area contributed by atoms with Crippen molar-refractivity contribution < 1.29 is 14.3 Å². The number of carbonyl (C=O) groups is 2. The van der Waals surface area contributed by atoms with Crippen LogP contribution >= 0.6 is 0 Å². The maximum absolute atomic E-state index is 13.4. The Hall–Kier alpha value is -1.96. The Bertz CT molecular complexity index is 668. The van der Waals surface area contributed by atoms with E-state index in [1.165, 1.54) is 0 Å². The molecule has 1 atom stereocenters. The van der Waals surface area contributed by atoms with Crippen molar-refractivity contribution in [2.45, 2.75) is 44.6 Å². The Morgan fingerprint density at radius 1 is 1.10 bits per heavy atom. The number of benzene rings is 1. The molecule has 2 saturated heterocycles. The Morgan fingerprint density at radius 2 is 1.76 bits per heavy atom.